The van der Waals surface area contributed by atoms with Crippen LogP contribution in [-0.4, -0.2) is 58.8 Å². The zero-order chi connectivity index (χ0) is 31.5. The summed E-state index contributed by atoms with van der Waals surface area (Å²) in [4.78, 5) is 30.8. The maximum Gasteiger partial charge on any atom is 0.389 e. The highest BCUT2D eigenvalue weighted by Gasteiger charge is 2.26. The summed E-state index contributed by atoms with van der Waals surface area (Å²) in [7, 11) is 0. The lowest BCUT2D eigenvalue weighted by Gasteiger charge is -2.08. The fourth-order valence-corrected chi connectivity index (χ4v) is 2.62. The molecule has 0 saturated carbocycles. The molecule has 0 heterocycles. The summed E-state index contributed by atoms with van der Waals surface area (Å²) < 4.78 is 79.8. The van der Waals surface area contributed by atoms with E-state index in [0.717, 1.165) is 18.6 Å². The molecule has 0 radical (unpaired) electrons. The molecule has 2 aromatic rings. The van der Waals surface area contributed by atoms with E-state index < -0.39 is 49.5 Å². The van der Waals surface area contributed by atoms with Gasteiger partial charge in [-0.2, -0.15) is 26.3 Å². The van der Waals surface area contributed by atoms with Gasteiger partial charge in [0.25, 0.3) is 0 Å². The lowest BCUT2D eigenvalue weighted by Crippen LogP contribution is -2.09. The molecule has 0 spiro atoms. The predicted octanol–water partition coefficient (Wildman–Crippen LogP) is 7.47. The normalized spacial score (nSPS) is 10.8. The van der Waals surface area contributed by atoms with Crippen molar-refractivity contribution < 1.29 is 65.5 Å². The minimum absolute atomic E-state index is 0.0497. The first-order valence-electron chi connectivity index (χ1n) is 12.3. The van der Waals surface area contributed by atoms with Gasteiger partial charge in [0.15, 0.2) is 0 Å². The molecule has 2 aromatic carbocycles. The van der Waals surface area contributed by atoms with Crippen LogP contribution < -0.4 is 9.47 Å². The zero-order valence-corrected chi connectivity index (χ0v) is 22.1. The molecule has 0 amide bonds. The predicted molar refractivity (Wildman–Crippen MR) is 136 cm³/mol. The van der Waals surface area contributed by atoms with Crippen LogP contribution in [0.3, 0.4) is 0 Å². The molecule has 3 N–H and O–H groups in total. The number of aromatic carboxylic acids is 2. The topological polar surface area (TPSA) is 130 Å². The van der Waals surface area contributed by atoms with E-state index in [1.54, 1.807) is 24.3 Å². The van der Waals surface area contributed by atoms with Crippen LogP contribution in [0, 0.1) is 0 Å². The molecule has 41 heavy (non-hydrogen) atoms. The highest BCUT2D eigenvalue weighted by Crippen LogP contribution is 2.22. The van der Waals surface area contributed by atoms with Gasteiger partial charge in [-0.1, -0.05) is 13.3 Å². The van der Waals surface area contributed by atoms with E-state index in [4.69, 9.17) is 24.8 Å². The van der Waals surface area contributed by atoms with Crippen LogP contribution in [0.15, 0.2) is 48.5 Å². The van der Waals surface area contributed by atoms with E-state index in [1.165, 1.54) is 24.3 Å². The summed E-state index contributed by atoms with van der Waals surface area (Å²) in [5.74, 6) is -2.08. The van der Waals surface area contributed by atoms with Crippen molar-refractivity contribution in [2.24, 2.45) is 0 Å². The molecule has 0 aliphatic heterocycles. The highest BCUT2D eigenvalue weighted by molar-refractivity contribution is 5.88. The van der Waals surface area contributed by atoms with Gasteiger partial charge in [-0.25, -0.2) is 9.59 Å². The molecule has 0 bridgehead atoms. The SMILES string of the molecule is CCCCOc1ccc(C(=O)O)cc1.O=C(O)CCCC(F)(F)F.O=C(O)c1ccc(OCCCC(F)(F)F)cc1. The van der Waals surface area contributed by atoms with Gasteiger partial charge in [-0.15, -0.1) is 0 Å². The number of carbonyl (C=O) groups is 3. The van der Waals surface area contributed by atoms with Gasteiger partial charge in [0.1, 0.15) is 11.5 Å². The molecule has 0 unspecified atom stereocenters. The van der Waals surface area contributed by atoms with E-state index in [2.05, 4.69) is 6.92 Å². The standard InChI is InChI=1S/C11H11F3O3.C11H14O3.C5H7F3O2/c12-11(13,14)6-1-7-17-9-4-2-8(3-5-9)10(15)16;1-2-3-8-14-10-6-4-9(5-7-10)11(12)13;6-5(7,8)3-1-2-4(9)10/h2-5H,1,6-7H2,(H,15,16);4-7H,2-3,8H2,1H3,(H,12,13);1-3H2,(H,9,10). The fourth-order valence-electron chi connectivity index (χ4n) is 2.62. The van der Waals surface area contributed by atoms with Crippen LogP contribution in [0.25, 0.3) is 0 Å². The number of rotatable bonds is 13. The first kappa shape index (κ1) is 37.0. The van der Waals surface area contributed by atoms with Gasteiger partial charge in [0, 0.05) is 19.3 Å². The second-order valence-electron chi connectivity index (χ2n) is 8.29. The minimum atomic E-state index is -4.23. The summed E-state index contributed by atoms with van der Waals surface area (Å²) in [6.45, 7) is 2.73. The number of aliphatic carboxylic acids is 1. The van der Waals surface area contributed by atoms with Crippen LogP contribution in [0.2, 0.25) is 0 Å². The van der Waals surface area contributed by atoms with Gasteiger partial charge >= 0.3 is 30.3 Å². The van der Waals surface area contributed by atoms with E-state index >= 15 is 0 Å². The van der Waals surface area contributed by atoms with Gasteiger partial charge in [0.2, 0.25) is 0 Å². The third kappa shape index (κ3) is 21.5. The van der Waals surface area contributed by atoms with Crippen molar-refractivity contribution >= 4 is 17.9 Å². The second kappa shape index (κ2) is 19.2. The van der Waals surface area contributed by atoms with Crippen molar-refractivity contribution in [3.63, 3.8) is 0 Å². The zero-order valence-electron chi connectivity index (χ0n) is 22.1. The summed E-state index contributed by atoms with van der Waals surface area (Å²) in [5.41, 5.74) is 0.389. The molecular formula is C27H32F6O8. The third-order valence-corrected chi connectivity index (χ3v) is 4.69. The van der Waals surface area contributed by atoms with E-state index in [1.807, 2.05) is 0 Å². The summed E-state index contributed by atoms with van der Waals surface area (Å²) >= 11 is 0. The monoisotopic (exact) mass is 598 g/mol. The average molecular weight is 599 g/mol. The van der Waals surface area contributed by atoms with E-state index in [-0.39, 0.29) is 30.6 Å². The number of carboxylic acids is 3. The van der Waals surface area contributed by atoms with Crippen molar-refractivity contribution in [3.05, 3.63) is 59.7 Å². The van der Waals surface area contributed by atoms with E-state index in [9.17, 15) is 40.7 Å². The molecule has 0 saturated heterocycles. The number of carboxylic acid groups (broad SMARTS) is 3. The molecule has 14 heteroatoms. The maximum absolute atomic E-state index is 11.8. The number of unbranched alkanes of at least 4 members (excludes halogenated alkanes) is 1. The minimum Gasteiger partial charge on any atom is -0.494 e. The first-order chi connectivity index (χ1) is 19.0. The number of halogens is 6. The van der Waals surface area contributed by atoms with Crippen LogP contribution in [-0.2, 0) is 4.79 Å². The van der Waals surface area contributed by atoms with Crippen molar-refractivity contribution in [1.82, 2.24) is 0 Å². The molecule has 230 valence electrons. The molecule has 0 atom stereocenters. The molecule has 0 fully saturated rings. The van der Waals surface area contributed by atoms with Crippen molar-refractivity contribution in [1.29, 1.82) is 0 Å². The Hall–Kier alpha value is -3.97. The van der Waals surface area contributed by atoms with Gasteiger partial charge < -0.3 is 24.8 Å². The lowest BCUT2D eigenvalue weighted by molar-refractivity contribution is -0.143. The smallest absolute Gasteiger partial charge is 0.389 e. The Morgan fingerprint density at radius 3 is 1.32 bits per heavy atom. The van der Waals surface area contributed by atoms with Crippen LogP contribution in [0.4, 0.5) is 26.3 Å². The summed E-state index contributed by atoms with van der Waals surface area (Å²) in [6, 6.07) is 11.9. The third-order valence-electron chi connectivity index (χ3n) is 4.69. The number of alkyl halides is 6. The number of ether oxygens (including phenoxy) is 2. The highest BCUT2D eigenvalue weighted by atomic mass is 19.4. The molecule has 8 nitrogen and oxygen atoms in total. The maximum atomic E-state index is 11.8. The Morgan fingerprint density at radius 2 is 1.00 bits per heavy atom. The molecule has 0 aromatic heterocycles. The summed E-state index contributed by atoms with van der Waals surface area (Å²) in [5, 5.41) is 25.2. The van der Waals surface area contributed by atoms with Gasteiger partial charge in [-0.05, 0) is 67.8 Å². The quantitative estimate of drug-likeness (QED) is 0.160. The fraction of sp³-hybridized carbons (Fsp3) is 0.444. The Morgan fingerprint density at radius 1 is 0.634 bits per heavy atom. The second-order valence-corrected chi connectivity index (χ2v) is 8.29. The Bertz CT molecular complexity index is 1040. The molecule has 0 aliphatic carbocycles. The molecular weight excluding hydrogens is 566 g/mol. The van der Waals surface area contributed by atoms with E-state index in [0.29, 0.717) is 12.4 Å². The number of benzene rings is 2. The Kier molecular flexibility index (Phi) is 17.3. The van der Waals surface area contributed by atoms with Crippen LogP contribution in [0.5, 0.6) is 11.5 Å². The van der Waals surface area contributed by atoms with Crippen molar-refractivity contribution in [2.75, 3.05) is 13.2 Å². The lowest BCUT2D eigenvalue weighted by atomic mass is 10.2. The largest absolute Gasteiger partial charge is 0.494 e. The van der Waals surface area contributed by atoms with Crippen LogP contribution >= 0.6 is 0 Å². The molecule has 2 rings (SSSR count). The van der Waals surface area contributed by atoms with Crippen LogP contribution in [0.1, 0.15) is 72.6 Å². The number of hydrogen-bond acceptors (Lipinski definition) is 5. The van der Waals surface area contributed by atoms with Crippen molar-refractivity contribution in [2.45, 2.75) is 64.2 Å². The van der Waals surface area contributed by atoms with Crippen molar-refractivity contribution in [3.8, 4) is 11.5 Å². The number of hydrogen-bond donors (Lipinski definition) is 3. The van der Waals surface area contributed by atoms with Gasteiger partial charge in [0.05, 0.1) is 24.3 Å². The molecule has 0 aliphatic rings. The Balaban J connectivity index is 0.000000607. The van der Waals surface area contributed by atoms with Gasteiger partial charge in [-0.3, -0.25) is 4.79 Å². The first-order valence-corrected chi connectivity index (χ1v) is 12.3. The summed E-state index contributed by atoms with van der Waals surface area (Å²) in [6.07, 6.45) is -9.07. The Labute approximate surface area is 232 Å². The average Bonchev–Trinajstić information content (AvgIpc) is 2.86.